The average molecular weight is 501 g/mol. The minimum atomic E-state index is -3.48. The van der Waals surface area contributed by atoms with Gasteiger partial charge in [-0.25, -0.2) is 8.42 Å². The van der Waals surface area contributed by atoms with Crippen LogP contribution in [-0.4, -0.2) is 36.5 Å². The summed E-state index contributed by atoms with van der Waals surface area (Å²) in [6.07, 6.45) is 1.06. The molecule has 0 atom stereocenters. The maximum atomic E-state index is 11.6. The second kappa shape index (κ2) is 7.72. The Morgan fingerprint density at radius 1 is 1.22 bits per heavy atom. The smallest absolute Gasteiger partial charge is 0.258 e. The Morgan fingerprint density at radius 2 is 1.96 bits per heavy atom. The van der Waals surface area contributed by atoms with Crippen LogP contribution in [0.4, 0.5) is 5.69 Å². The summed E-state index contributed by atoms with van der Waals surface area (Å²) in [6, 6.07) is 9.89. The Kier molecular flexibility index (Phi) is 5.56. The molecule has 3 rings (SSSR count). The lowest BCUT2D eigenvalue weighted by atomic mass is 10.2. The van der Waals surface area contributed by atoms with Gasteiger partial charge in [0, 0.05) is 11.1 Å². The van der Waals surface area contributed by atoms with Gasteiger partial charge >= 0.3 is 0 Å². The fourth-order valence-corrected chi connectivity index (χ4v) is 3.40. The lowest BCUT2D eigenvalue weighted by Crippen LogP contribution is -2.11. The van der Waals surface area contributed by atoms with Crippen molar-refractivity contribution in [2.45, 2.75) is 6.92 Å². The molecule has 0 saturated heterocycles. The predicted octanol–water partition coefficient (Wildman–Crippen LogP) is 3.48. The van der Waals surface area contributed by atoms with Crippen LogP contribution in [0.1, 0.15) is 6.92 Å². The van der Waals surface area contributed by atoms with Gasteiger partial charge in [-0.3, -0.25) is 4.72 Å². The highest BCUT2D eigenvalue weighted by Gasteiger charge is 2.15. The van der Waals surface area contributed by atoms with E-state index >= 15 is 0 Å². The zero-order valence-corrected chi connectivity index (χ0v) is 17.4. The minimum absolute atomic E-state index is 0.172. The monoisotopic (exact) mass is 501 g/mol. The van der Waals surface area contributed by atoms with Gasteiger partial charge in [0.05, 0.1) is 22.1 Å². The number of nitrogens with one attached hydrogen (secondary N) is 1. The highest BCUT2D eigenvalue weighted by Crippen LogP contribution is 2.32. The average Bonchev–Trinajstić information content (AvgIpc) is 3.08. The largest absolute Gasteiger partial charge is 0.507 e. The van der Waals surface area contributed by atoms with Crippen LogP contribution in [-0.2, 0) is 10.0 Å². The first kappa shape index (κ1) is 19.4. The summed E-state index contributed by atoms with van der Waals surface area (Å²) in [7, 11) is -3.48. The summed E-state index contributed by atoms with van der Waals surface area (Å²) in [6.45, 7) is 2.20. The molecule has 10 heteroatoms. The van der Waals surface area contributed by atoms with Gasteiger partial charge in [0.25, 0.3) is 5.89 Å². The number of aromatic hydroxyl groups is 1. The Labute approximate surface area is 169 Å². The maximum absolute atomic E-state index is 11.6. The molecule has 1 aromatic heterocycles. The lowest BCUT2D eigenvalue weighted by Gasteiger charge is -2.11. The molecule has 27 heavy (non-hydrogen) atoms. The first-order valence-corrected chi connectivity index (χ1v) is 10.8. The summed E-state index contributed by atoms with van der Waals surface area (Å²) in [5, 5.41) is 13.6. The third-order valence-corrected chi connectivity index (χ3v) is 4.91. The quantitative estimate of drug-likeness (QED) is 0.497. The molecule has 1 heterocycles. The molecular weight excluding hydrogens is 485 g/mol. The van der Waals surface area contributed by atoms with Crippen LogP contribution >= 0.6 is 22.6 Å². The SMILES string of the molecule is CCOc1ccc(-c2nc(-c3ccc(O)c(I)c3)no2)cc1NS(C)(=O)=O. The molecule has 0 saturated carbocycles. The van der Waals surface area contributed by atoms with Crippen molar-refractivity contribution in [1.82, 2.24) is 10.1 Å². The molecule has 0 aliphatic rings. The Hall–Kier alpha value is -2.34. The summed E-state index contributed by atoms with van der Waals surface area (Å²) < 4.78 is 37.1. The number of anilines is 1. The maximum Gasteiger partial charge on any atom is 0.258 e. The van der Waals surface area contributed by atoms with Crippen LogP contribution in [0.5, 0.6) is 11.5 Å². The topological polar surface area (TPSA) is 115 Å². The van der Waals surface area contributed by atoms with Crippen LogP contribution in [0.25, 0.3) is 22.8 Å². The van der Waals surface area contributed by atoms with Gasteiger partial charge in [-0.1, -0.05) is 5.16 Å². The van der Waals surface area contributed by atoms with Crippen molar-refractivity contribution in [2.24, 2.45) is 0 Å². The Bertz CT molecular complexity index is 1080. The van der Waals surface area contributed by atoms with E-state index in [0.29, 0.717) is 32.9 Å². The molecule has 2 aromatic carbocycles. The molecule has 0 unspecified atom stereocenters. The molecule has 0 fully saturated rings. The highest BCUT2D eigenvalue weighted by molar-refractivity contribution is 14.1. The van der Waals surface area contributed by atoms with Crippen molar-refractivity contribution in [3.8, 4) is 34.3 Å². The van der Waals surface area contributed by atoms with E-state index in [9.17, 15) is 13.5 Å². The van der Waals surface area contributed by atoms with E-state index in [1.807, 2.05) is 22.6 Å². The van der Waals surface area contributed by atoms with Gasteiger partial charge in [-0.2, -0.15) is 4.98 Å². The van der Waals surface area contributed by atoms with Crippen LogP contribution in [0.3, 0.4) is 0 Å². The van der Waals surface area contributed by atoms with Crippen molar-refractivity contribution in [1.29, 1.82) is 0 Å². The Morgan fingerprint density at radius 3 is 2.63 bits per heavy atom. The van der Waals surface area contributed by atoms with Gasteiger partial charge in [0.15, 0.2) is 0 Å². The van der Waals surface area contributed by atoms with E-state index in [2.05, 4.69) is 14.9 Å². The van der Waals surface area contributed by atoms with Crippen LogP contribution in [0.15, 0.2) is 40.9 Å². The summed E-state index contributed by atoms with van der Waals surface area (Å²) >= 11 is 2.01. The molecule has 2 N–H and O–H groups in total. The normalized spacial score (nSPS) is 11.4. The standard InChI is InChI=1S/C17H16IN3O5S/c1-3-25-15-7-5-11(9-13(15)21-27(2,23)24)17-19-16(20-26-17)10-4-6-14(22)12(18)8-10/h4-9,21-22H,3H2,1-2H3. The van der Waals surface area contributed by atoms with Gasteiger partial charge in [-0.15, -0.1) is 0 Å². The van der Waals surface area contributed by atoms with E-state index in [1.165, 1.54) is 0 Å². The molecular formula is C17H16IN3O5S. The molecule has 0 radical (unpaired) electrons. The first-order chi connectivity index (χ1) is 12.8. The van der Waals surface area contributed by atoms with Gasteiger partial charge in [0.2, 0.25) is 15.8 Å². The molecule has 3 aromatic rings. The number of nitrogens with zero attached hydrogens (tertiary/aromatic N) is 2. The van der Waals surface area contributed by atoms with Crippen molar-refractivity contribution in [2.75, 3.05) is 17.6 Å². The number of phenolic OH excluding ortho intramolecular Hbond substituents is 1. The highest BCUT2D eigenvalue weighted by atomic mass is 127. The number of benzene rings is 2. The second-order valence-electron chi connectivity index (χ2n) is 5.61. The third kappa shape index (κ3) is 4.69. The molecule has 0 amide bonds. The molecule has 8 nitrogen and oxygen atoms in total. The van der Waals surface area contributed by atoms with Crippen molar-refractivity contribution in [3.05, 3.63) is 40.0 Å². The fourth-order valence-electron chi connectivity index (χ4n) is 2.33. The summed E-state index contributed by atoms with van der Waals surface area (Å²) in [5.74, 6) is 1.16. The Balaban J connectivity index is 1.98. The van der Waals surface area contributed by atoms with Crippen molar-refractivity contribution < 1.29 is 22.8 Å². The van der Waals surface area contributed by atoms with Gasteiger partial charge in [0.1, 0.15) is 11.5 Å². The predicted molar refractivity (Wildman–Crippen MR) is 109 cm³/mol. The zero-order chi connectivity index (χ0) is 19.6. The van der Waals surface area contributed by atoms with E-state index in [-0.39, 0.29) is 17.3 Å². The van der Waals surface area contributed by atoms with Crippen molar-refractivity contribution >= 4 is 38.3 Å². The molecule has 0 aliphatic carbocycles. The lowest BCUT2D eigenvalue weighted by molar-refractivity contribution is 0.342. The van der Waals surface area contributed by atoms with Crippen LogP contribution < -0.4 is 9.46 Å². The first-order valence-electron chi connectivity index (χ1n) is 7.84. The van der Waals surface area contributed by atoms with Crippen LogP contribution in [0, 0.1) is 3.57 Å². The van der Waals surface area contributed by atoms with E-state index in [0.717, 1.165) is 6.26 Å². The number of rotatable bonds is 6. The molecule has 0 bridgehead atoms. The van der Waals surface area contributed by atoms with Gasteiger partial charge in [-0.05, 0) is 65.9 Å². The van der Waals surface area contributed by atoms with E-state index in [1.54, 1.807) is 43.3 Å². The number of hydrogen-bond acceptors (Lipinski definition) is 7. The van der Waals surface area contributed by atoms with Crippen LogP contribution in [0.2, 0.25) is 0 Å². The number of halogens is 1. The number of hydrogen-bond donors (Lipinski definition) is 2. The number of phenols is 1. The number of aromatic nitrogens is 2. The van der Waals surface area contributed by atoms with E-state index < -0.39 is 10.0 Å². The molecule has 0 aliphatic heterocycles. The molecule has 0 spiro atoms. The third-order valence-electron chi connectivity index (χ3n) is 3.45. The zero-order valence-electron chi connectivity index (χ0n) is 14.4. The summed E-state index contributed by atoms with van der Waals surface area (Å²) in [5.41, 5.74) is 1.51. The van der Waals surface area contributed by atoms with Gasteiger partial charge < -0.3 is 14.4 Å². The van der Waals surface area contributed by atoms with Crippen molar-refractivity contribution in [3.63, 3.8) is 0 Å². The number of ether oxygens (including phenoxy) is 1. The fraction of sp³-hybridized carbons (Fsp3) is 0.176. The minimum Gasteiger partial charge on any atom is -0.507 e. The second-order valence-corrected chi connectivity index (χ2v) is 8.52. The van der Waals surface area contributed by atoms with E-state index in [4.69, 9.17) is 9.26 Å². The summed E-state index contributed by atoms with van der Waals surface area (Å²) in [4.78, 5) is 4.35. The molecule has 142 valence electrons. The number of sulfonamides is 1.